The summed E-state index contributed by atoms with van der Waals surface area (Å²) < 4.78 is 0. The van der Waals surface area contributed by atoms with Crippen molar-refractivity contribution in [3.05, 3.63) is 0 Å². The second kappa shape index (κ2) is 6.96. The van der Waals surface area contributed by atoms with E-state index in [-0.39, 0.29) is 36.2 Å². The van der Waals surface area contributed by atoms with Crippen LogP contribution in [0.25, 0.3) is 0 Å². The summed E-state index contributed by atoms with van der Waals surface area (Å²) in [6.45, 7) is 4.19. The molecular formula is C5H11NaO. The van der Waals surface area contributed by atoms with Crippen molar-refractivity contribution < 1.29 is 34.7 Å². The Balaban J connectivity index is 0. The molecular weight excluding hydrogens is 99.0 g/mol. The van der Waals surface area contributed by atoms with Gasteiger partial charge in [0.05, 0.1) is 0 Å². The van der Waals surface area contributed by atoms with Gasteiger partial charge in [0.25, 0.3) is 0 Å². The molecule has 0 heterocycles. The van der Waals surface area contributed by atoms with E-state index in [4.69, 9.17) is 0 Å². The van der Waals surface area contributed by atoms with E-state index < -0.39 is 0 Å². The molecule has 0 fully saturated rings. The first-order chi connectivity index (χ1) is 2.77. The average molecular weight is 110 g/mol. The van der Waals surface area contributed by atoms with E-state index in [0.29, 0.717) is 5.92 Å². The molecule has 0 saturated heterocycles. The Hall–Kier alpha value is 0.960. The van der Waals surface area contributed by atoms with Gasteiger partial charge < -0.3 is 5.11 Å². The fourth-order valence-electron chi connectivity index (χ4n) is 0.236. The van der Waals surface area contributed by atoms with Crippen LogP contribution in [0, 0.1) is 5.92 Å². The molecule has 0 aromatic rings. The molecule has 1 nitrogen and oxygen atoms in total. The summed E-state index contributed by atoms with van der Waals surface area (Å²) in [5.74, 6) is 0.586. The van der Waals surface area contributed by atoms with Crippen molar-refractivity contribution in [2.24, 2.45) is 5.92 Å². The zero-order chi connectivity index (χ0) is 4.99. The Morgan fingerprint density at radius 2 is 1.86 bits per heavy atom. The smallest absolute Gasteiger partial charge is 0.854 e. The summed E-state index contributed by atoms with van der Waals surface area (Å²) in [6, 6.07) is 0. The average Bonchev–Trinajstić information content (AvgIpc) is 1.35. The van der Waals surface area contributed by atoms with Crippen molar-refractivity contribution in [3.63, 3.8) is 0 Å². The van der Waals surface area contributed by atoms with Crippen LogP contribution < -0.4 is 34.7 Å². The standard InChI is InChI=1S/C5H11O.Na/c1-5(2)3-4-6;/h5H,3-4H2,1-2H3;/q-1;+1. The second-order valence-electron chi connectivity index (χ2n) is 1.89. The molecule has 0 radical (unpaired) electrons. The molecule has 2 heteroatoms. The van der Waals surface area contributed by atoms with Crippen LogP contribution >= 0.6 is 0 Å². The number of hydrogen-bond donors (Lipinski definition) is 0. The van der Waals surface area contributed by atoms with Crippen LogP contribution in [-0.2, 0) is 0 Å². The molecule has 0 aliphatic rings. The Morgan fingerprint density at radius 1 is 1.43 bits per heavy atom. The van der Waals surface area contributed by atoms with Crippen LogP contribution in [0.3, 0.4) is 0 Å². The fourth-order valence-corrected chi connectivity index (χ4v) is 0.236. The van der Waals surface area contributed by atoms with Crippen LogP contribution in [0.2, 0.25) is 0 Å². The first-order valence-corrected chi connectivity index (χ1v) is 2.35. The molecule has 0 atom stereocenters. The van der Waals surface area contributed by atoms with Gasteiger partial charge in [-0.2, -0.15) is 0 Å². The van der Waals surface area contributed by atoms with Crippen molar-refractivity contribution in [3.8, 4) is 0 Å². The summed E-state index contributed by atoms with van der Waals surface area (Å²) in [5, 5.41) is 9.74. The Kier molecular flexibility index (Phi) is 10.8. The fraction of sp³-hybridized carbons (Fsp3) is 1.00. The third-order valence-electron chi connectivity index (χ3n) is 0.695. The predicted molar refractivity (Wildman–Crippen MR) is 24.3 cm³/mol. The number of rotatable bonds is 2. The summed E-state index contributed by atoms with van der Waals surface area (Å²) in [6.07, 6.45) is 0.819. The zero-order valence-corrected chi connectivity index (χ0v) is 7.40. The molecule has 0 saturated carbocycles. The van der Waals surface area contributed by atoms with Gasteiger partial charge in [0.2, 0.25) is 0 Å². The third-order valence-corrected chi connectivity index (χ3v) is 0.695. The van der Waals surface area contributed by atoms with Crippen molar-refractivity contribution in [2.75, 3.05) is 6.61 Å². The van der Waals surface area contributed by atoms with Gasteiger partial charge in [0.15, 0.2) is 0 Å². The molecule has 0 amide bonds. The second-order valence-corrected chi connectivity index (χ2v) is 1.89. The molecule has 0 spiro atoms. The van der Waals surface area contributed by atoms with Gasteiger partial charge in [-0.05, 0) is 5.92 Å². The van der Waals surface area contributed by atoms with Crippen molar-refractivity contribution >= 4 is 0 Å². The molecule has 0 bridgehead atoms. The van der Waals surface area contributed by atoms with E-state index in [9.17, 15) is 5.11 Å². The minimum Gasteiger partial charge on any atom is -0.854 e. The van der Waals surface area contributed by atoms with Crippen molar-refractivity contribution in [1.29, 1.82) is 0 Å². The van der Waals surface area contributed by atoms with Gasteiger partial charge in [-0.3, -0.25) is 0 Å². The number of hydrogen-bond acceptors (Lipinski definition) is 1. The molecule has 0 aliphatic heterocycles. The van der Waals surface area contributed by atoms with Gasteiger partial charge >= 0.3 is 29.6 Å². The summed E-state index contributed by atoms with van der Waals surface area (Å²) in [5.41, 5.74) is 0. The van der Waals surface area contributed by atoms with E-state index >= 15 is 0 Å². The molecule has 0 unspecified atom stereocenters. The van der Waals surface area contributed by atoms with Crippen LogP contribution in [0.5, 0.6) is 0 Å². The minimum atomic E-state index is 0. The minimum absolute atomic E-state index is 0. The monoisotopic (exact) mass is 110 g/mol. The van der Waals surface area contributed by atoms with Crippen LogP contribution in [0.15, 0.2) is 0 Å². The summed E-state index contributed by atoms with van der Waals surface area (Å²) in [4.78, 5) is 0. The van der Waals surface area contributed by atoms with E-state index in [1.807, 2.05) is 0 Å². The van der Waals surface area contributed by atoms with Crippen LogP contribution in [0.1, 0.15) is 20.3 Å². The Morgan fingerprint density at radius 3 is 1.86 bits per heavy atom. The van der Waals surface area contributed by atoms with Gasteiger partial charge in [-0.25, -0.2) is 0 Å². The zero-order valence-electron chi connectivity index (χ0n) is 5.40. The van der Waals surface area contributed by atoms with E-state index in [1.54, 1.807) is 0 Å². The SMILES string of the molecule is CC(C)CC[O-].[Na+]. The van der Waals surface area contributed by atoms with Gasteiger partial charge in [-0.15, -0.1) is 6.61 Å². The summed E-state index contributed by atoms with van der Waals surface area (Å²) >= 11 is 0. The predicted octanol–water partition coefficient (Wildman–Crippen LogP) is -2.60. The maximum atomic E-state index is 9.74. The van der Waals surface area contributed by atoms with E-state index in [0.717, 1.165) is 6.42 Å². The Bertz CT molecular complexity index is 29.3. The first kappa shape index (κ1) is 10.9. The van der Waals surface area contributed by atoms with Crippen molar-refractivity contribution in [2.45, 2.75) is 20.3 Å². The summed E-state index contributed by atoms with van der Waals surface area (Å²) in [7, 11) is 0. The molecule has 0 aliphatic carbocycles. The third kappa shape index (κ3) is 10.9. The quantitative estimate of drug-likeness (QED) is 0.357. The molecule has 0 aromatic carbocycles. The normalized spacial score (nSPS) is 8.57. The molecule has 38 valence electrons. The van der Waals surface area contributed by atoms with Gasteiger partial charge in [0.1, 0.15) is 0 Å². The maximum Gasteiger partial charge on any atom is 1.00 e. The van der Waals surface area contributed by atoms with Crippen LogP contribution in [-0.4, -0.2) is 6.61 Å². The largest absolute Gasteiger partial charge is 1.00 e. The topological polar surface area (TPSA) is 23.1 Å². The van der Waals surface area contributed by atoms with Gasteiger partial charge in [0, 0.05) is 0 Å². The first-order valence-electron chi connectivity index (χ1n) is 2.35. The molecule has 0 N–H and O–H groups in total. The van der Waals surface area contributed by atoms with Crippen LogP contribution in [0.4, 0.5) is 0 Å². The molecule has 0 aromatic heterocycles. The van der Waals surface area contributed by atoms with E-state index in [2.05, 4.69) is 13.8 Å². The van der Waals surface area contributed by atoms with E-state index in [1.165, 1.54) is 0 Å². The maximum absolute atomic E-state index is 9.74. The molecule has 0 rings (SSSR count). The molecule has 7 heavy (non-hydrogen) atoms. The van der Waals surface area contributed by atoms with Gasteiger partial charge in [-0.1, -0.05) is 20.3 Å². The Labute approximate surface area is 67.4 Å². The van der Waals surface area contributed by atoms with Crippen molar-refractivity contribution in [1.82, 2.24) is 0 Å².